The van der Waals surface area contributed by atoms with Crippen LogP contribution in [0.15, 0.2) is 67.4 Å². The fraction of sp³-hybridized carbons (Fsp3) is 0.320. The summed E-state index contributed by atoms with van der Waals surface area (Å²) >= 11 is 0. The lowest BCUT2D eigenvalue weighted by Crippen LogP contribution is -2.22. The van der Waals surface area contributed by atoms with E-state index >= 15 is 0 Å². The van der Waals surface area contributed by atoms with Crippen molar-refractivity contribution in [3.63, 3.8) is 0 Å². The number of hydrogen-bond donors (Lipinski definition) is 0. The highest BCUT2D eigenvalue weighted by atomic mass is 15.2. The van der Waals surface area contributed by atoms with Crippen LogP contribution in [0.25, 0.3) is 0 Å². The van der Waals surface area contributed by atoms with Gasteiger partial charge in [-0.05, 0) is 62.6 Å². The van der Waals surface area contributed by atoms with Gasteiger partial charge in [0.25, 0.3) is 0 Å². The molecular weight excluding hydrogens is 370 g/mol. The monoisotopic (exact) mass is 401 g/mol. The van der Waals surface area contributed by atoms with Crippen LogP contribution in [0.5, 0.6) is 0 Å². The molecule has 0 amide bonds. The summed E-state index contributed by atoms with van der Waals surface area (Å²) in [6, 6.07) is 12.3. The maximum atomic E-state index is 4.59. The second kappa shape index (κ2) is 10.5. The van der Waals surface area contributed by atoms with Gasteiger partial charge in [-0.15, -0.1) is 0 Å². The molecule has 0 aliphatic rings. The first-order valence-electron chi connectivity index (χ1n) is 10.4. The Labute approximate surface area is 180 Å². The first-order valence-corrected chi connectivity index (χ1v) is 10.4. The van der Waals surface area contributed by atoms with Gasteiger partial charge in [0.15, 0.2) is 0 Å². The lowest BCUT2D eigenvalue weighted by atomic mass is 10.2. The Kier molecular flexibility index (Phi) is 7.55. The molecule has 0 spiro atoms. The van der Waals surface area contributed by atoms with E-state index in [4.69, 9.17) is 0 Å². The van der Waals surface area contributed by atoms with Crippen molar-refractivity contribution in [3.8, 4) is 0 Å². The van der Waals surface area contributed by atoms with Crippen LogP contribution in [0.4, 0.5) is 0 Å². The first-order chi connectivity index (χ1) is 14.6. The molecule has 0 unspecified atom stereocenters. The maximum absolute atomic E-state index is 4.59. The van der Waals surface area contributed by atoms with Crippen LogP contribution in [0.2, 0.25) is 0 Å². The fourth-order valence-corrected chi connectivity index (χ4v) is 3.25. The summed E-state index contributed by atoms with van der Waals surface area (Å²) in [6.45, 7) is 11.7. The Balaban J connectivity index is 1.80. The lowest BCUT2D eigenvalue weighted by Gasteiger charge is -2.24. The van der Waals surface area contributed by atoms with Crippen molar-refractivity contribution >= 4 is 0 Å². The summed E-state index contributed by atoms with van der Waals surface area (Å²) in [6.07, 6.45) is 9.89. The Hall–Kier alpha value is -3.21. The molecule has 30 heavy (non-hydrogen) atoms. The van der Waals surface area contributed by atoms with Gasteiger partial charge in [-0.3, -0.25) is 15.0 Å². The second-order valence-corrected chi connectivity index (χ2v) is 7.57. The van der Waals surface area contributed by atoms with Crippen molar-refractivity contribution in [3.05, 3.63) is 101 Å². The second-order valence-electron chi connectivity index (χ2n) is 7.57. The van der Waals surface area contributed by atoms with Gasteiger partial charge in [0.1, 0.15) is 0 Å². The zero-order valence-electron chi connectivity index (χ0n) is 18.4. The van der Waals surface area contributed by atoms with Crippen LogP contribution < -0.4 is 0 Å². The number of aryl methyl sites for hydroxylation is 3. The van der Waals surface area contributed by atoms with Crippen LogP contribution in [0.1, 0.15) is 40.7 Å². The molecular formula is C25H31N5. The largest absolute Gasteiger partial charge is 0.371 e. The van der Waals surface area contributed by atoms with Crippen LogP contribution >= 0.6 is 0 Å². The van der Waals surface area contributed by atoms with Gasteiger partial charge in [-0.25, -0.2) is 0 Å². The standard InChI is InChI=1S/C25H31N5/c1-5-29(17-23-20(2)9-6-12-26-23)15-16-30(18-24-21(3)10-7-13-27-24)19-25-22(4)11-8-14-28-25/h6-16H,5,17-19H2,1-4H3. The average Bonchev–Trinajstić information content (AvgIpc) is 2.75. The van der Waals surface area contributed by atoms with Gasteiger partial charge in [-0.2, -0.15) is 0 Å². The minimum Gasteiger partial charge on any atom is -0.371 e. The van der Waals surface area contributed by atoms with E-state index in [0.717, 1.165) is 43.3 Å². The Bertz CT molecular complexity index is 935. The Morgan fingerprint density at radius 3 is 1.37 bits per heavy atom. The molecule has 0 aliphatic heterocycles. The molecule has 0 bridgehead atoms. The summed E-state index contributed by atoms with van der Waals surface area (Å²) in [5, 5.41) is 0. The molecule has 3 heterocycles. The van der Waals surface area contributed by atoms with E-state index in [1.54, 1.807) is 0 Å². The van der Waals surface area contributed by atoms with E-state index in [1.807, 2.05) is 36.8 Å². The zero-order valence-corrected chi connectivity index (χ0v) is 18.4. The van der Waals surface area contributed by atoms with Gasteiger partial charge < -0.3 is 9.80 Å². The highest BCUT2D eigenvalue weighted by Crippen LogP contribution is 2.14. The van der Waals surface area contributed by atoms with E-state index in [9.17, 15) is 0 Å². The maximum Gasteiger partial charge on any atom is 0.0625 e. The molecule has 0 aliphatic carbocycles. The van der Waals surface area contributed by atoms with E-state index < -0.39 is 0 Å². The third kappa shape index (κ3) is 5.89. The van der Waals surface area contributed by atoms with Crippen molar-refractivity contribution in [2.75, 3.05) is 6.54 Å². The smallest absolute Gasteiger partial charge is 0.0625 e. The van der Waals surface area contributed by atoms with Gasteiger partial charge in [0.2, 0.25) is 0 Å². The average molecular weight is 402 g/mol. The van der Waals surface area contributed by atoms with Gasteiger partial charge >= 0.3 is 0 Å². The molecule has 0 fully saturated rings. The van der Waals surface area contributed by atoms with Crippen molar-refractivity contribution in [2.45, 2.75) is 47.3 Å². The van der Waals surface area contributed by atoms with Gasteiger partial charge in [0, 0.05) is 37.5 Å². The number of aromatic nitrogens is 3. The number of hydrogen-bond acceptors (Lipinski definition) is 5. The predicted octanol–water partition coefficient (Wildman–Crippen LogP) is 4.79. The first kappa shape index (κ1) is 21.5. The highest BCUT2D eigenvalue weighted by Gasteiger charge is 2.10. The number of rotatable bonds is 9. The molecule has 0 saturated carbocycles. The Morgan fingerprint density at radius 2 is 1.00 bits per heavy atom. The van der Waals surface area contributed by atoms with Crippen molar-refractivity contribution in [1.29, 1.82) is 0 Å². The van der Waals surface area contributed by atoms with Gasteiger partial charge in [0.05, 0.1) is 36.7 Å². The summed E-state index contributed by atoms with van der Waals surface area (Å²) in [4.78, 5) is 18.3. The predicted molar refractivity (Wildman–Crippen MR) is 121 cm³/mol. The minimum absolute atomic E-state index is 0.735. The van der Waals surface area contributed by atoms with E-state index in [2.05, 4.69) is 83.0 Å². The van der Waals surface area contributed by atoms with Crippen LogP contribution in [-0.4, -0.2) is 31.3 Å². The minimum atomic E-state index is 0.735. The molecule has 3 aromatic rings. The zero-order chi connectivity index (χ0) is 21.3. The van der Waals surface area contributed by atoms with E-state index in [-0.39, 0.29) is 0 Å². The molecule has 0 N–H and O–H groups in total. The number of pyridine rings is 3. The molecule has 0 atom stereocenters. The summed E-state index contributed by atoms with van der Waals surface area (Å²) in [5.74, 6) is 0. The van der Waals surface area contributed by atoms with Crippen LogP contribution in [0, 0.1) is 20.8 Å². The Morgan fingerprint density at radius 1 is 0.633 bits per heavy atom. The van der Waals surface area contributed by atoms with Crippen molar-refractivity contribution in [1.82, 2.24) is 24.8 Å². The summed E-state index contributed by atoms with van der Waals surface area (Å²) < 4.78 is 0. The molecule has 3 aromatic heterocycles. The summed E-state index contributed by atoms with van der Waals surface area (Å²) in [7, 11) is 0. The quantitative estimate of drug-likeness (QED) is 0.516. The van der Waals surface area contributed by atoms with E-state index in [1.165, 1.54) is 16.7 Å². The van der Waals surface area contributed by atoms with Gasteiger partial charge in [-0.1, -0.05) is 18.2 Å². The molecule has 0 saturated heterocycles. The normalized spacial score (nSPS) is 11.1. The van der Waals surface area contributed by atoms with Crippen molar-refractivity contribution < 1.29 is 0 Å². The topological polar surface area (TPSA) is 45.2 Å². The van der Waals surface area contributed by atoms with Crippen LogP contribution in [0.3, 0.4) is 0 Å². The fourth-order valence-electron chi connectivity index (χ4n) is 3.25. The van der Waals surface area contributed by atoms with Crippen LogP contribution in [-0.2, 0) is 19.6 Å². The third-order valence-corrected chi connectivity index (χ3v) is 5.31. The van der Waals surface area contributed by atoms with Crippen molar-refractivity contribution in [2.24, 2.45) is 0 Å². The molecule has 0 radical (unpaired) electrons. The summed E-state index contributed by atoms with van der Waals surface area (Å²) in [5.41, 5.74) is 6.89. The highest BCUT2D eigenvalue weighted by molar-refractivity contribution is 5.21. The number of nitrogens with zero attached hydrogens (tertiary/aromatic N) is 5. The molecule has 0 aromatic carbocycles. The van der Waals surface area contributed by atoms with E-state index in [0.29, 0.717) is 0 Å². The molecule has 5 nitrogen and oxygen atoms in total. The lowest BCUT2D eigenvalue weighted by molar-refractivity contribution is 0.326. The molecule has 5 heteroatoms. The third-order valence-electron chi connectivity index (χ3n) is 5.31. The molecule has 156 valence electrons. The molecule has 3 rings (SSSR count). The SMILES string of the molecule is CCN(C=CN(Cc1ncccc1C)Cc1ncccc1C)Cc1ncccc1C.